The lowest BCUT2D eigenvalue weighted by Crippen LogP contribution is -2.19. The molecule has 156 valence electrons. The molecule has 0 fully saturated rings. The molecule has 6 nitrogen and oxygen atoms in total. The first-order valence-electron chi connectivity index (χ1n) is 8.28. The highest BCUT2D eigenvalue weighted by molar-refractivity contribution is 7.91. The summed E-state index contributed by atoms with van der Waals surface area (Å²) in [5.41, 5.74) is -0.628. The molecular weight excluding hydrogens is 425 g/mol. The van der Waals surface area contributed by atoms with E-state index in [1.807, 2.05) is 0 Å². The Kier molecular flexibility index (Phi) is 5.70. The zero-order chi connectivity index (χ0) is 21.9. The van der Waals surface area contributed by atoms with Gasteiger partial charge >= 0.3 is 12.3 Å². The van der Waals surface area contributed by atoms with Crippen molar-refractivity contribution in [1.29, 1.82) is 0 Å². The van der Waals surface area contributed by atoms with Gasteiger partial charge in [-0.1, -0.05) is 30.3 Å². The zero-order valence-corrected chi connectivity index (χ0v) is 15.8. The van der Waals surface area contributed by atoms with Gasteiger partial charge in [0.15, 0.2) is 0 Å². The van der Waals surface area contributed by atoms with Crippen LogP contribution in [0.5, 0.6) is 17.2 Å². The third-order valence-electron chi connectivity index (χ3n) is 3.82. The number of alkyl halides is 3. The number of hydrogen-bond acceptors (Lipinski definition) is 5. The Balaban J connectivity index is 2.13. The van der Waals surface area contributed by atoms with Gasteiger partial charge in [0.25, 0.3) is 0 Å². The van der Waals surface area contributed by atoms with E-state index in [2.05, 4.69) is 4.74 Å². The first-order chi connectivity index (χ1) is 14.1. The molecule has 0 atom stereocenters. The Hall–Kier alpha value is -3.53. The lowest BCUT2D eigenvalue weighted by atomic mass is 10.2. The minimum Gasteiger partial charge on any atom is -0.478 e. The van der Waals surface area contributed by atoms with Crippen molar-refractivity contribution in [2.45, 2.75) is 16.2 Å². The monoisotopic (exact) mass is 438 g/mol. The van der Waals surface area contributed by atoms with Crippen molar-refractivity contribution >= 4 is 15.8 Å². The molecule has 30 heavy (non-hydrogen) atoms. The number of benzene rings is 3. The minimum absolute atomic E-state index is 0.0148. The molecule has 0 aliphatic carbocycles. The van der Waals surface area contributed by atoms with E-state index in [1.165, 1.54) is 12.1 Å². The summed E-state index contributed by atoms with van der Waals surface area (Å²) in [4.78, 5) is 10.0. The average Bonchev–Trinajstić information content (AvgIpc) is 2.67. The van der Waals surface area contributed by atoms with Crippen molar-refractivity contribution < 1.29 is 41.0 Å². The van der Waals surface area contributed by atoms with E-state index in [0.717, 1.165) is 30.3 Å². The molecule has 1 N–H and O–H groups in total. The smallest absolute Gasteiger partial charge is 0.478 e. The lowest BCUT2D eigenvalue weighted by Gasteiger charge is -2.15. The summed E-state index contributed by atoms with van der Waals surface area (Å²) in [6.45, 7) is 0. The highest BCUT2D eigenvalue weighted by Gasteiger charge is 2.35. The minimum atomic E-state index is -5.14. The van der Waals surface area contributed by atoms with E-state index in [4.69, 9.17) is 4.74 Å². The predicted octanol–water partition coefficient (Wildman–Crippen LogP) is 4.91. The lowest BCUT2D eigenvalue weighted by molar-refractivity contribution is -0.275. The van der Waals surface area contributed by atoms with Gasteiger partial charge in [-0.2, -0.15) is 0 Å². The zero-order valence-electron chi connectivity index (χ0n) is 15.0. The second kappa shape index (κ2) is 8.07. The predicted molar refractivity (Wildman–Crippen MR) is 98.5 cm³/mol. The van der Waals surface area contributed by atoms with Gasteiger partial charge in [0.05, 0.1) is 10.5 Å². The number of carbonyl (C=O) groups is 1. The van der Waals surface area contributed by atoms with Crippen molar-refractivity contribution in [2.24, 2.45) is 0 Å². The maximum absolute atomic E-state index is 13.1. The fraction of sp³-hybridized carbons (Fsp3) is 0.0500. The average molecular weight is 438 g/mol. The largest absolute Gasteiger partial charge is 0.573 e. The van der Waals surface area contributed by atoms with Gasteiger partial charge in [-0.05, 0) is 36.4 Å². The van der Waals surface area contributed by atoms with Crippen LogP contribution in [-0.2, 0) is 9.84 Å². The van der Waals surface area contributed by atoms with Crippen LogP contribution in [0, 0.1) is 0 Å². The molecular formula is C20H13F3O6S. The molecule has 0 unspecified atom stereocenters. The molecule has 0 aliphatic rings. The molecule has 10 heteroatoms. The summed E-state index contributed by atoms with van der Waals surface area (Å²) in [5, 5.41) is 9.40. The van der Waals surface area contributed by atoms with Crippen LogP contribution in [0.15, 0.2) is 82.6 Å². The van der Waals surface area contributed by atoms with Crippen LogP contribution < -0.4 is 9.47 Å². The molecule has 0 radical (unpaired) electrons. The summed E-state index contributed by atoms with van der Waals surface area (Å²) in [7, 11) is -4.72. The second-order valence-electron chi connectivity index (χ2n) is 5.88. The quantitative estimate of drug-likeness (QED) is 0.588. The number of carboxylic acids is 1. The molecule has 0 bridgehead atoms. The molecule has 0 aromatic heterocycles. The third-order valence-corrected chi connectivity index (χ3v) is 5.65. The maximum Gasteiger partial charge on any atom is 0.573 e. The van der Waals surface area contributed by atoms with Gasteiger partial charge in [0, 0.05) is 6.07 Å². The van der Waals surface area contributed by atoms with Crippen molar-refractivity contribution in [3.05, 3.63) is 78.4 Å². The summed E-state index contributed by atoms with van der Waals surface area (Å²) in [6, 6.07) is 15.5. The van der Waals surface area contributed by atoms with E-state index in [-0.39, 0.29) is 5.75 Å². The van der Waals surface area contributed by atoms with Gasteiger partial charge in [-0.15, -0.1) is 13.2 Å². The number of sulfone groups is 1. The Morgan fingerprint density at radius 2 is 1.47 bits per heavy atom. The SMILES string of the molecule is O=C(O)c1ccc(Oc2ccccc2)cc1S(=O)(=O)c1ccccc1OC(F)(F)F. The van der Waals surface area contributed by atoms with Crippen molar-refractivity contribution in [3.63, 3.8) is 0 Å². The van der Waals surface area contributed by atoms with Gasteiger partial charge in [0.1, 0.15) is 22.1 Å². The Morgan fingerprint density at radius 3 is 2.10 bits per heavy atom. The number of para-hydroxylation sites is 2. The standard InChI is InChI=1S/C20H13F3O6S/c21-20(22,23)29-16-8-4-5-9-17(16)30(26,27)18-12-14(10-11-15(18)19(24)25)28-13-6-2-1-3-7-13/h1-12H,(H,24,25). The normalized spacial score (nSPS) is 11.7. The summed E-state index contributed by atoms with van der Waals surface area (Å²) >= 11 is 0. The van der Waals surface area contributed by atoms with E-state index < -0.39 is 43.3 Å². The van der Waals surface area contributed by atoms with Gasteiger partial charge in [-0.25, -0.2) is 13.2 Å². The topological polar surface area (TPSA) is 89.9 Å². The molecule has 0 aliphatic heterocycles. The summed E-state index contributed by atoms with van der Waals surface area (Å²) in [6.07, 6.45) is -5.14. The highest BCUT2D eigenvalue weighted by atomic mass is 32.2. The van der Waals surface area contributed by atoms with Crippen LogP contribution in [0.1, 0.15) is 10.4 Å². The van der Waals surface area contributed by atoms with Crippen molar-refractivity contribution in [2.75, 3.05) is 0 Å². The number of aromatic carboxylic acids is 1. The second-order valence-corrected chi connectivity index (χ2v) is 7.76. The first kappa shape index (κ1) is 21.2. The number of rotatable bonds is 6. The molecule has 3 rings (SSSR count). The number of ether oxygens (including phenoxy) is 2. The summed E-state index contributed by atoms with van der Waals surface area (Å²) < 4.78 is 73.6. The number of hydrogen-bond donors (Lipinski definition) is 1. The molecule has 0 saturated heterocycles. The Morgan fingerprint density at radius 1 is 0.833 bits per heavy atom. The molecule has 0 spiro atoms. The van der Waals surface area contributed by atoms with E-state index in [9.17, 15) is 31.5 Å². The van der Waals surface area contributed by atoms with E-state index >= 15 is 0 Å². The van der Waals surface area contributed by atoms with Gasteiger partial charge in [-0.3, -0.25) is 0 Å². The van der Waals surface area contributed by atoms with Crippen molar-refractivity contribution in [1.82, 2.24) is 0 Å². The Labute approximate surface area is 169 Å². The highest BCUT2D eigenvalue weighted by Crippen LogP contribution is 2.36. The van der Waals surface area contributed by atoms with Crippen LogP contribution in [0.2, 0.25) is 0 Å². The maximum atomic E-state index is 13.1. The Bertz CT molecular complexity index is 1170. The molecule has 0 amide bonds. The summed E-state index contributed by atoms with van der Waals surface area (Å²) in [5.74, 6) is -2.21. The number of carboxylic acid groups (broad SMARTS) is 1. The third kappa shape index (κ3) is 4.71. The molecule has 0 saturated carbocycles. The van der Waals surface area contributed by atoms with Crippen LogP contribution in [0.3, 0.4) is 0 Å². The van der Waals surface area contributed by atoms with Crippen LogP contribution in [0.4, 0.5) is 13.2 Å². The fourth-order valence-corrected chi connectivity index (χ4v) is 4.17. The molecule has 0 heterocycles. The first-order valence-corrected chi connectivity index (χ1v) is 9.76. The molecule has 3 aromatic carbocycles. The van der Waals surface area contributed by atoms with Gasteiger partial charge < -0.3 is 14.6 Å². The van der Waals surface area contributed by atoms with E-state index in [1.54, 1.807) is 30.3 Å². The van der Waals surface area contributed by atoms with Gasteiger partial charge in [0.2, 0.25) is 9.84 Å². The van der Waals surface area contributed by atoms with Crippen LogP contribution >= 0.6 is 0 Å². The van der Waals surface area contributed by atoms with Crippen molar-refractivity contribution in [3.8, 4) is 17.2 Å². The van der Waals surface area contributed by atoms with E-state index in [0.29, 0.717) is 5.75 Å². The van der Waals surface area contributed by atoms with Crippen LogP contribution in [-0.4, -0.2) is 25.9 Å². The fourth-order valence-electron chi connectivity index (χ4n) is 2.59. The van der Waals surface area contributed by atoms with Crippen LogP contribution in [0.25, 0.3) is 0 Å². The molecule has 3 aromatic rings. The number of halogens is 3.